The van der Waals surface area contributed by atoms with E-state index >= 15 is 0 Å². The molecule has 0 aromatic heterocycles. The average molecular weight is 406 g/mol. The first-order valence-electron chi connectivity index (χ1n) is 4.87. The molecule has 0 unspecified atom stereocenters. The second-order valence-corrected chi connectivity index (χ2v) is 5.65. The molecule has 18 heavy (non-hydrogen) atoms. The number of ketones is 1. The smallest absolute Gasteiger partial charge is 0.298 e. The summed E-state index contributed by atoms with van der Waals surface area (Å²) in [6.07, 6.45) is 0.137. The molecule has 0 N–H and O–H groups in total. The van der Waals surface area contributed by atoms with Gasteiger partial charge >= 0.3 is 5.51 Å². The fourth-order valence-corrected chi connectivity index (χ4v) is 3.18. The highest BCUT2D eigenvalue weighted by atomic mass is 79.9. The zero-order chi connectivity index (χ0) is 13.8. The van der Waals surface area contributed by atoms with E-state index in [4.69, 9.17) is 0 Å². The molecule has 0 saturated heterocycles. The Morgan fingerprint density at radius 1 is 1.28 bits per heavy atom. The van der Waals surface area contributed by atoms with Gasteiger partial charge in [0.15, 0.2) is 0 Å². The lowest BCUT2D eigenvalue weighted by Gasteiger charge is -2.13. The van der Waals surface area contributed by atoms with Crippen LogP contribution in [0.4, 0.5) is 13.2 Å². The van der Waals surface area contributed by atoms with Gasteiger partial charge in [-0.05, 0) is 29.0 Å². The summed E-state index contributed by atoms with van der Waals surface area (Å²) < 4.78 is 37.2. The van der Waals surface area contributed by atoms with E-state index in [1.54, 1.807) is 6.07 Å². The van der Waals surface area contributed by atoms with Crippen LogP contribution in [0.1, 0.15) is 11.1 Å². The molecule has 1 aromatic carbocycles. The van der Waals surface area contributed by atoms with Gasteiger partial charge in [0.25, 0.3) is 0 Å². The van der Waals surface area contributed by atoms with Crippen molar-refractivity contribution in [1.29, 1.82) is 0 Å². The molecule has 0 spiro atoms. The summed E-state index contributed by atoms with van der Waals surface area (Å²) >= 11 is 6.06. The average Bonchev–Trinajstić information content (AvgIpc) is 2.27. The SMILES string of the molecule is O=C(CBr)Cc1cccc(SC(F)(F)F)c1CBr. The summed E-state index contributed by atoms with van der Waals surface area (Å²) in [5.74, 6) is -0.0636. The van der Waals surface area contributed by atoms with Crippen LogP contribution >= 0.6 is 43.6 Å². The highest BCUT2D eigenvalue weighted by Crippen LogP contribution is 2.40. The lowest BCUT2D eigenvalue weighted by Crippen LogP contribution is -2.07. The van der Waals surface area contributed by atoms with Crippen molar-refractivity contribution >= 4 is 49.4 Å². The van der Waals surface area contributed by atoms with E-state index in [1.807, 2.05) is 0 Å². The number of rotatable bonds is 5. The van der Waals surface area contributed by atoms with Gasteiger partial charge < -0.3 is 0 Å². The Morgan fingerprint density at radius 3 is 2.44 bits per heavy atom. The van der Waals surface area contributed by atoms with Crippen molar-refractivity contribution in [1.82, 2.24) is 0 Å². The van der Waals surface area contributed by atoms with Crippen LogP contribution < -0.4 is 0 Å². The summed E-state index contributed by atoms with van der Waals surface area (Å²) in [7, 11) is 0. The highest BCUT2D eigenvalue weighted by molar-refractivity contribution is 9.09. The molecule has 0 heterocycles. The number of hydrogen-bond donors (Lipinski definition) is 0. The van der Waals surface area contributed by atoms with E-state index < -0.39 is 5.51 Å². The number of carbonyl (C=O) groups is 1. The van der Waals surface area contributed by atoms with Gasteiger partial charge in [-0.3, -0.25) is 4.79 Å². The Labute approximate surface area is 124 Å². The van der Waals surface area contributed by atoms with E-state index in [9.17, 15) is 18.0 Å². The maximum Gasteiger partial charge on any atom is 0.446 e. The predicted molar refractivity (Wildman–Crippen MR) is 73.5 cm³/mol. The third kappa shape index (κ3) is 4.93. The van der Waals surface area contributed by atoms with Crippen molar-refractivity contribution in [3.05, 3.63) is 29.3 Å². The molecular formula is C11H9Br2F3OS. The number of carbonyl (C=O) groups excluding carboxylic acids is 1. The number of benzene rings is 1. The third-order valence-corrected chi connectivity index (χ3v) is 4.15. The second-order valence-electron chi connectivity index (χ2n) is 3.42. The largest absolute Gasteiger partial charge is 0.446 e. The second kappa shape index (κ2) is 6.96. The number of thioether (sulfide) groups is 1. The molecule has 7 heteroatoms. The van der Waals surface area contributed by atoms with Gasteiger partial charge in [0.05, 0.1) is 5.33 Å². The molecule has 0 atom stereocenters. The predicted octanol–water partition coefficient (Wildman–Crippen LogP) is 4.70. The van der Waals surface area contributed by atoms with Gasteiger partial charge in [-0.15, -0.1) is 0 Å². The van der Waals surface area contributed by atoms with Crippen molar-refractivity contribution < 1.29 is 18.0 Å². The van der Waals surface area contributed by atoms with Crippen LogP contribution in [-0.4, -0.2) is 16.6 Å². The maximum atomic E-state index is 12.4. The van der Waals surface area contributed by atoms with Crippen molar-refractivity contribution in [2.45, 2.75) is 22.2 Å². The van der Waals surface area contributed by atoms with Crippen LogP contribution in [0.5, 0.6) is 0 Å². The molecule has 0 bridgehead atoms. The van der Waals surface area contributed by atoms with Gasteiger partial charge in [0.1, 0.15) is 5.78 Å². The summed E-state index contributed by atoms with van der Waals surface area (Å²) in [6.45, 7) is 0. The molecule has 0 amide bonds. The van der Waals surface area contributed by atoms with Crippen LogP contribution in [-0.2, 0) is 16.5 Å². The minimum Gasteiger partial charge on any atom is -0.298 e. The van der Waals surface area contributed by atoms with Crippen LogP contribution in [0.15, 0.2) is 23.1 Å². The van der Waals surface area contributed by atoms with Crippen LogP contribution in [0.2, 0.25) is 0 Å². The van der Waals surface area contributed by atoms with Crippen molar-refractivity contribution in [2.75, 3.05) is 5.33 Å². The van der Waals surface area contributed by atoms with Gasteiger partial charge in [-0.25, -0.2) is 0 Å². The van der Waals surface area contributed by atoms with Crippen LogP contribution in [0, 0.1) is 0 Å². The summed E-state index contributed by atoms with van der Waals surface area (Å²) in [4.78, 5) is 11.5. The Kier molecular flexibility index (Phi) is 6.20. The van der Waals surface area contributed by atoms with Crippen LogP contribution in [0.3, 0.4) is 0 Å². The lowest BCUT2D eigenvalue weighted by molar-refractivity contribution is -0.115. The van der Waals surface area contributed by atoms with E-state index in [0.29, 0.717) is 11.1 Å². The van der Waals surface area contributed by atoms with Crippen molar-refractivity contribution in [3.8, 4) is 0 Å². The maximum absolute atomic E-state index is 12.4. The van der Waals surface area contributed by atoms with Gasteiger partial charge in [-0.2, -0.15) is 13.2 Å². The number of alkyl halides is 5. The van der Waals surface area contributed by atoms with Crippen molar-refractivity contribution in [2.24, 2.45) is 0 Å². The molecule has 0 aliphatic heterocycles. The number of halogens is 5. The lowest BCUT2D eigenvalue weighted by atomic mass is 10.0. The molecule has 0 aliphatic carbocycles. The third-order valence-electron chi connectivity index (χ3n) is 2.13. The Balaban J connectivity index is 3.06. The first-order valence-corrected chi connectivity index (χ1v) is 7.93. The molecule has 1 aromatic rings. The zero-order valence-corrected chi connectivity index (χ0v) is 13.0. The minimum atomic E-state index is -4.32. The molecule has 100 valence electrons. The summed E-state index contributed by atoms with van der Waals surface area (Å²) in [5.41, 5.74) is -3.17. The standard InChI is InChI=1S/C11H9Br2F3OS/c12-5-8(17)4-7-2-1-3-10(9(7)6-13)18-11(14,15)16/h1-3H,4-6H2. The van der Waals surface area contributed by atoms with E-state index in [-0.39, 0.29) is 39.5 Å². The van der Waals surface area contributed by atoms with Gasteiger partial charge in [0, 0.05) is 16.6 Å². The summed E-state index contributed by atoms with van der Waals surface area (Å²) in [6, 6.07) is 4.63. The number of Topliss-reactive ketones (excluding diaryl/α,β-unsaturated/α-hetero) is 1. The fourth-order valence-electron chi connectivity index (χ4n) is 1.41. The van der Waals surface area contributed by atoms with Gasteiger partial charge in [0.2, 0.25) is 0 Å². The monoisotopic (exact) mass is 404 g/mol. The Morgan fingerprint density at radius 2 is 1.94 bits per heavy atom. The zero-order valence-electron chi connectivity index (χ0n) is 9.06. The summed E-state index contributed by atoms with van der Waals surface area (Å²) in [5, 5.41) is 0.489. The highest BCUT2D eigenvalue weighted by Gasteiger charge is 2.30. The fraction of sp³-hybridized carbons (Fsp3) is 0.364. The van der Waals surface area contributed by atoms with Crippen LogP contribution in [0.25, 0.3) is 0 Å². The first kappa shape index (κ1) is 16.0. The molecule has 0 radical (unpaired) electrons. The molecule has 1 nitrogen and oxygen atoms in total. The van der Waals surface area contributed by atoms with Crippen molar-refractivity contribution in [3.63, 3.8) is 0 Å². The molecule has 0 fully saturated rings. The van der Waals surface area contributed by atoms with E-state index in [1.165, 1.54) is 12.1 Å². The molecular weight excluding hydrogens is 397 g/mol. The van der Waals surface area contributed by atoms with E-state index in [2.05, 4.69) is 31.9 Å². The minimum absolute atomic E-state index is 0.0636. The molecule has 1 rings (SSSR count). The van der Waals surface area contributed by atoms with Gasteiger partial charge in [-0.1, -0.05) is 44.0 Å². The Hall–Kier alpha value is -0.0100. The topological polar surface area (TPSA) is 17.1 Å². The van der Waals surface area contributed by atoms with E-state index in [0.717, 1.165) is 0 Å². The molecule has 0 saturated carbocycles. The first-order chi connectivity index (χ1) is 8.37. The quantitative estimate of drug-likeness (QED) is 0.521. The normalized spacial score (nSPS) is 11.6. The molecule has 0 aliphatic rings. The number of hydrogen-bond acceptors (Lipinski definition) is 2. The Bertz CT molecular complexity index is 435.